The molecule has 0 saturated carbocycles. The molecule has 0 atom stereocenters. The molecule has 1 amide bonds. The van der Waals surface area contributed by atoms with Gasteiger partial charge in [-0.1, -0.05) is 22.8 Å². The summed E-state index contributed by atoms with van der Waals surface area (Å²) < 4.78 is 43.6. The fourth-order valence-corrected chi connectivity index (χ4v) is 4.17. The van der Waals surface area contributed by atoms with Gasteiger partial charge in [-0.2, -0.15) is 0 Å². The zero-order valence-electron chi connectivity index (χ0n) is 19.1. The van der Waals surface area contributed by atoms with E-state index in [0.29, 0.717) is 22.7 Å². The number of anilines is 2. The lowest BCUT2D eigenvalue weighted by Gasteiger charge is -2.09. The maximum atomic E-state index is 12.6. The minimum atomic E-state index is -3.75. The van der Waals surface area contributed by atoms with E-state index in [0.717, 1.165) is 5.56 Å². The highest BCUT2D eigenvalue weighted by molar-refractivity contribution is 7.92. The third-order valence-corrected chi connectivity index (χ3v) is 6.37. The highest BCUT2D eigenvalue weighted by Crippen LogP contribution is 2.29. The molecule has 0 bridgehead atoms. The van der Waals surface area contributed by atoms with Crippen LogP contribution in [0.15, 0.2) is 76.0 Å². The molecular weight excluding hydrogens is 472 g/mol. The summed E-state index contributed by atoms with van der Waals surface area (Å²) in [6.45, 7) is 1.87. The second-order valence-electron chi connectivity index (χ2n) is 7.46. The highest BCUT2D eigenvalue weighted by Gasteiger charge is 2.16. The van der Waals surface area contributed by atoms with Gasteiger partial charge in [0.1, 0.15) is 11.5 Å². The molecule has 0 saturated heterocycles. The standard InChI is InChI=1S/C24H22N4O6S/c1-15-4-10-21(11-5-15)35(30,31)28-18-8-6-16(7-9-18)22(29)25-24-27-26-23(34-24)17-12-19(32-2)14-20(13-17)33-3/h4-14,28H,1-3H3,(H,25,27,29). The third-order valence-electron chi connectivity index (χ3n) is 4.97. The number of methoxy groups -OCH3 is 2. The molecule has 3 aromatic carbocycles. The van der Waals surface area contributed by atoms with Crippen molar-refractivity contribution in [2.75, 3.05) is 24.3 Å². The number of hydrogen-bond acceptors (Lipinski definition) is 8. The van der Waals surface area contributed by atoms with Gasteiger partial charge in [0.25, 0.3) is 15.9 Å². The first kappa shape index (κ1) is 23.8. The predicted octanol–water partition coefficient (Wildman–Crippen LogP) is 4.12. The number of sulfonamides is 1. The number of nitrogens with one attached hydrogen (secondary N) is 2. The molecule has 2 N–H and O–H groups in total. The van der Waals surface area contributed by atoms with E-state index in [1.54, 1.807) is 30.3 Å². The minimum absolute atomic E-state index is 0.101. The number of aromatic nitrogens is 2. The SMILES string of the molecule is COc1cc(OC)cc(-c2nnc(NC(=O)c3ccc(NS(=O)(=O)c4ccc(C)cc4)cc3)o2)c1. The van der Waals surface area contributed by atoms with Gasteiger partial charge in [0.15, 0.2) is 0 Å². The molecule has 1 aromatic heterocycles. The van der Waals surface area contributed by atoms with Crippen LogP contribution in [0.1, 0.15) is 15.9 Å². The lowest BCUT2D eigenvalue weighted by molar-refractivity contribution is 0.102. The van der Waals surface area contributed by atoms with Crippen LogP contribution in [0.25, 0.3) is 11.5 Å². The van der Waals surface area contributed by atoms with Crippen molar-refractivity contribution in [3.05, 3.63) is 77.9 Å². The lowest BCUT2D eigenvalue weighted by atomic mass is 10.2. The molecule has 4 rings (SSSR count). The van der Waals surface area contributed by atoms with E-state index in [-0.39, 0.29) is 22.4 Å². The Morgan fingerprint density at radius 1 is 0.886 bits per heavy atom. The normalized spacial score (nSPS) is 11.1. The van der Waals surface area contributed by atoms with Crippen molar-refractivity contribution in [2.24, 2.45) is 0 Å². The summed E-state index contributed by atoms with van der Waals surface area (Å²) in [5, 5.41) is 10.3. The zero-order chi connectivity index (χ0) is 25.0. The first-order chi connectivity index (χ1) is 16.8. The fourth-order valence-electron chi connectivity index (χ4n) is 3.11. The maximum absolute atomic E-state index is 12.6. The number of aryl methyl sites for hydroxylation is 1. The number of amides is 1. The summed E-state index contributed by atoms with van der Waals surface area (Å²) >= 11 is 0. The molecule has 0 spiro atoms. The molecule has 0 aliphatic heterocycles. The predicted molar refractivity (Wildman–Crippen MR) is 129 cm³/mol. The van der Waals surface area contributed by atoms with Crippen molar-refractivity contribution in [3.8, 4) is 23.0 Å². The summed E-state index contributed by atoms with van der Waals surface area (Å²) in [6.07, 6.45) is 0. The van der Waals surface area contributed by atoms with Crippen LogP contribution in [-0.4, -0.2) is 38.7 Å². The summed E-state index contributed by atoms with van der Waals surface area (Å²) in [7, 11) is -0.698. The van der Waals surface area contributed by atoms with Crippen molar-refractivity contribution in [1.29, 1.82) is 0 Å². The monoisotopic (exact) mass is 494 g/mol. The highest BCUT2D eigenvalue weighted by atomic mass is 32.2. The lowest BCUT2D eigenvalue weighted by Crippen LogP contribution is -2.14. The van der Waals surface area contributed by atoms with E-state index in [1.165, 1.54) is 50.6 Å². The second-order valence-corrected chi connectivity index (χ2v) is 9.15. The Morgan fingerprint density at radius 2 is 1.51 bits per heavy atom. The van der Waals surface area contributed by atoms with Crippen molar-refractivity contribution in [3.63, 3.8) is 0 Å². The average Bonchev–Trinajstić information content (AvgIpc) is 3.32. The van der Waals surface area contributed by atoms with Crippen LogP contribution in [0.5, 0.6) is 11.5 Å². The summed E-state index contributed by atoms with van der Waals surface area (Å²) in [5.41, 5.74) is 2.09. The molecule has 180 valence electrons. The number of nitrogens with zero attached hydrogens (tertiary/aromatic N) is 2. The molecule has 4 aromatic rings. The maximum Gasteiger partial charge on any atom is 0.322 e. The number of ether oxygens (including phenoxy) is 2. The number of hydrogen-bond donors (Lipinski definition) is 2. The molecular formula is C24H22N4O6S. The van der Waals surface area contributed by atoms with E-state index < -0.39 is 15.9 Å². The molecule has 0 aliphatic rings. The molecule has 0 unspecified atom stereocenters. The van der Waals surface area contributed by atoms with Gasteiger partial charge in [0.05, 0.1) is 19.1 Å². The van der Waals surface area contributed by atoms with Crippen LogP contribution in [0.4, 0.5) is 11.7 Å². The molecule has 10 nitrogen and oxygen atoms in total. The Bertz CT molecular complexity index is 1430. The Morgan fingerprint density at radius 3 is 2.11 bits per heavy atom. The van der Waals surface area contributed by atoms with Crippen LogP contribution in [0, 0.1) is 6.92 Å². The van der Waals surface area contributed by atoms with Crippen LogP contribution in [0.3, 0.4) is 0 Å². The van der Waals surface area contributed by atoms with Crippen molar-refractivity contribution in [2.45, 2.75) is 11.8 Å². The zero-order valence-corrected chi connectivity index (χ0v) is 19.9. The minimum Gasteiger partial charge on any atom is -0.497 e. The van der Waals surface area contributed by atoms with Crippen LogP contribution >= 0.6 is 0 Å². The quantitative estimate of drug-likeness (QED) is 0.374. The van der Waals surface area contributed by atoms with Gasteiger partial charge in [-0.15, -0.1) is 5.10 Å². The average molecular weight is 495 g/mol. The molecule has 0 aliphatic carbocycles. The first-order valence-electron chi connectivity index (χ1n) is 10.4. The molecule has 35 heavy (non-hydrogen) atoms. The summed E-state index contributed by atoms with van der Waals surface area (Å²) in [4.78, 5) is 12.7. The third kappa shape index (κ3) is 5.58. The van der Waals surface area contributed by atoms with E-state index in [9.17, 15) is 13.2 Å². The Hall–Kier alpha value is -4.38. The largest absolute Gasteiger partial charge is 0.497 e. The number of carbonyl (C=O) groups excluding carboxylic acids is 1. The van der Waals surface area contributed by atoms with Gasteiger partial charge in [-0.25, -0.2) is 8.42 Å². The summed E-state index contributed by atoms with van der Waals surface area (Å²) in [5.74, 6) is 0.747. The number of rotatable bonds is 8. The molecule has 0 fully saturated rings. The van der Waals surface area contributed by atoms with Crippen LogP contribution in [-0.2, 0) is 10.0 Å². The van der Waals surface area contributed by atoms with Crippen molar-refractivity contribution >= 4 is 27.6 Å². The van der Waals surface area contributed by atoms with E-state index >= 15 is 0 Å². The van der Waals surface area contributed by atoms with E-state index in [4.69, 9.17) is 13.9 Å². The van der Waals surface area contributed by atoms with Crippen molar-refractivity contribution in [1.82, 2.24) is 10.2 Å². The second kappa shape index (κ2) is 9.85. The van der Waals surface area contributed by atoms with Gasteiger partial charge >= 0.3 is 6.01 Å². The Balaban J connectivity index is 1.44. The fraction of sp³-hybridized carbons (Fsp3) is 0.125. The topological polar surface area (TPSA) is 133 Å². The van der Waals surface area contributed by atoms with Gasteiger partial charge in [0, 0.05) is 22.9 Å². The van der Waals surface area contributed by atoms with Gasteiger partial charge in [-0.3, -0.25) is 14.8 Å². The van der Waals surface area contributed by atoms with Gasteiger partial charge < -0.3 is 13.9 Å². The van der Waals surface area contributed by atoms with Gasteiger partial charge in [0.2, 0.25) is 5.89 Å². The van der Waals surface area contributed by atoms with Crippen molar-refractivity contribution < 1.29 is 27.1 Å². The number of carbonyl (C=O) groups is 1. The Kier molecular flexibility index (Phi) is 6.69. The van der Waals surface area contributed by atoms with E-state index in [1.807, 2.05) is 6.92 Å². The molecule has 1 heterocycles. The summed E-state index contributed by atoms with van der Waals surface area (Å²) in [6, 6.07) is 17.4. The first-order valence-corrected chi connectivity index (χ1v) is 11.8. The van der Waals surface area contributed by atoms with E-state index in [2.05, 4.69) is 20.2 Å². The number of benzene rings is 3. The Labute approximate surface area is 202 Å². The molecule has 11 heteroatoms. The van der Waals surface area contributed by atoms with Gasteiger partial charge in [-0.05, 0) is 55.5 Å². The smallest absolute Gasteiger partial charge is 0.322 e. The van der Waals surface area contributed by atoms with Crippen LogP contribution in [0.2, 0.25) is 0 Å². The molecule has 0 radical (unpaired) electrons. The van der Waals surface area contributed by atoms with Crippen LogP contribution < -0.4 is 19.5 Å².